The molecule has 0 bridgehead atoms. The van der Waals surface area contributed by atoms with Crippen molar-refractivity contribution in [3.63, 3.8) is 0 Å². The van der Waals surface area contributed by atoms with Crippen LogP contribution in [0.15, 0.2) is 18.2 Å². The van der Waals surface area contributed by atoms with E-state index in [0.29, 0.717) is 6.61 Å². The molecule has 1 aromatic rings. The first kappa shape index (κ1) is 17.7. The molecule has 0 heterocycles. The summed E-state index contributed by atoms with van der Waals surface area (Å²) >= 11 is 0. The number of nitrogens with two attached hydrogens (primary N) is 1. The van der Waals surface area contributed by atoms with E-state index < -0.39 is 11.7 Å². The van der Waals surface area contributed by atoms with E-state index in [0.717, 1.165) is 25.3 Å². The third-order valence-corrected chi connectivity index (χ3v) is 3.31. The smallest absolute Gasteiger partial charge is 0.420 e. The Morgan fingerprint density at radius 3 is 2.24 bits per heavy atom. The van der Waals surface area contributed by atoms with E-state index >= 15 is 0 Å². The summed E-state index contributed by atoms with van der Waals surface area (Å²) in [5, 5.41) is 0. The lowest BCUT2D eigenvalue weighted by Crippen LogP contribution is -2.10. The zero-order valence-corrected chi connectivity index (χ0v) is 12.5. The molecular weight excluding hydrogens is 279 g/mol. The van der Waals surface area contributed by atoms with Gasteiger partial charge < -0.3 is 10.5 Å². The fourth-order valence-corrected chi connectivity index (χ4v) is 2.14. The third kappa shape index (κ3) is 6.74. The molecule has 0 spiro atoms. The number of rotatable bonds is 9. The van der Waals surface area contributed by atoms with Gasteiger partial charge in [-0.1, -0.05) is 45.4 Å². The van der Waals surface area contributed by atoms with Gasteiger partial charge in [-0.3, -0.25) is 0 Å². The van der Waals surface area contributed by atoms with E-state index in [2.05, 4.69) is 6.92 Å². The molecule has 0 aromatic heterocycles. The molecule has 21 heavy (non-hydrogen) atoms. The summed E-state index contributed by atoms with van der Waals surface area (Å²) in [6.07, 6.45) is 3.30. The van der Waals surface area contributed by atoms with E-state index in [9.17, 15) is 13.2 Å². The minimum Gasteiger partial charge on any atom is -0.493 e. The molecular formula is C16H24F3NO. The van der Waals surface area contributed by atoms with Crippen molar-refractivity contribution in [1.82, 2.24) is 0 Å². The van der Waals surface area contributed by atoms with Crippen molar-refractivity contribution in [3.05, 3.63) is 23.8 Å². The summed E-state index contributed by atoms with van der Waals surface area (Å²) in [6, 6.07) is 3.63. The Morgan fingerprint density at radius 2 is 1.62 bits per heavy atom. The highest BCUT2D eigenvalue weighted by atomic mass is 19.4. The molecule has 5 heteroatoms. The van der Waals surface area contributed by atoms with Crippen LogP contribution in [0.1, 0.15) is 57.4 Å². The van der Waals surface area contributed by atoms with Crippen molar-refractivity contribution in [1.29, 1.82) is 0 Å². The van der Waals surface area contributed by atoms with Crippen LogP contribution in [0.3, 0.4) is 0 Å². The second-order valence-electron chi connectivity index (χ2n) is 5.22. The van der Waals surface area contributed by atoms with Gasteiger partial charge in [0.2, 0.25) is 0 Å². The highest BCUT2D eigenvalue weighted by Crippen LogP contribution is 2.37. The standard InChI is InChI=1S/C16H24F3NO/c1-2-3-4-5-6-7-8-11-21-15-10-9-13(20)12-14(15)16(17,18)19/h9-10,12H,2-8,11,20H2,1H3. The van der Waals surface area contributed by atoms with E-state index in [1.165, 1.54) is 37.8 Å². The van der Waals surface area contributed by atoms with Crippen LogP contribution in [0.4, 0.5) is 18.9 Å². The number of hydrogen-bond acceptors (Lipinski definition) is 2. The van der Waals surface area contributed by atoms with Gasteiger partial charge in [0, 0.05) is 5.69 Å². The fraction of sp³-hybridized carbons (Fsp3) is 0.625. The van der Waals surface area contributed by atoms with Crippen LogP contribution in [0.2, 0.25) is 0 Å². The highest BCUT2D eigenvalue weighted by Gasteiger charge is 2.34. The maximum absolute atomic E-state index is 12.8. The Balaban J connectivity index is 2.35. The van der Waals surface area contributed by atoms with Gasteiger partial charge >= 0.3 is 6.18 Å². The van der Waals surface area contributed by atoms with Crippen molar-refractivity contribution in [2.45, 2.75) is 58.0 Å². The molecule has 1 aromatic carbocycles. The van der Waals surface area contributed by atoms with Crippen LogP contribution < -0.4 is 10.5 Å². The van der Waals surface area contributed by atoms with Crippen LogP contribution in [0.25, 0.3) is 0 Å². The lowest BCUT2D eigenvalue weighted by molar-refractivity contribution is -0.138. The monoisotopic (exact) mass is 303 g/mol. The maximum atomic E-state index is 12.8. The van der Waals surface area contributed by atoms with Crippen molar-refractivity contribution >= 4 is 5.69 Å². The van der Waals surface area contributed by atoms with E-state index in [-0.39, 0.29) is 11.4 Å². The lowest BCUT2D eigenvalue weighted by Gasteiger charge is -2.14. The number of hydrogen-bond donors (Lipinski definition) is 1. The number of nitrogen functional groups attached to an aromatic ring is 1. The third-order valence-electron chi connectivity index (χ3n) is 3.31. The molecule has 2 N–H and O–H groups in total. The van der Waals surface area contributed by atoms with Gasteiger partial charge in [-0.15, -0.1) is 0 Å². The largest absolute Gasteiger partial charge is 0.493 e. The summed E-state index contributed by atoms with van der Waals surface area (Å²) in [5.74, 6) is -0.136. The molecule has 0 unspecified atom stereocenters. The number of unbranched alkanes of at least 4 members (excludes halogenated alkanes) is 6. The zero-order valence-electron chi connectivity index (χ0n) is 12.5. The topological polar surface area (TPSA) is 35.2 Å². The number of benzene rings is 1. The molecule has 0 fully saturated rings. The Labute approximate surface area is 124 Å². The summed E-state index contributed by atoms with van der Waals surface area (Å²) in [5.41, 5.74) is 4.69. The number of ether oxygens (including phenoxy) is 1. The van der Waals surface area contributed by atoms with Gasteiger partial charge in [0.25, 0.3) is 0 Å². The molecule has 120 valence electrons. The van der Waals surface area contributed by atoms with Crippen LogP contribution in [0, 0.1) is 0 Å². The molecule has 0 amide bonds. The van der Waals surface area contributed by atoms with Crippen LogP contribution in [-0.2, 0) is 6.18 Å². The second-order valence-corrected chi connectivity index (χ2v) is 5.22. The molecule has 0 atom stereocenters. The van der Waals surface area contributed by atoms with Gasteiger partial charge in [-0.25, -0.2) is 0 Å². The number of anilines is 1. The Bertz CT molecular complexity index is 418. The van der Waals surface area contributed by atoms with E-state index in [1.807, 2.05) is 0 Å². The Kier molecular flexibility index (Phi) is 7.40. The first-order valence-electron chi connectivity index (χ1n) is 7.54. The maximum Gasteiger partial charge on any atom is 0.420 e. The molecule has 0 aliphatic heterocycles. The second kappa shape index (κ2) is 8.80. The predicted molar refractivity (Wildman–Crippen MR) is 79.3 cm³/mol. The number of halogens is 3. The van der Waals surface area contributed by atoms with Gasteiger partial charge in [0.15, 0.2) is 0 Å². The van der Waals surface area contributed by atoms with Gasteiger partial charge in [0.05, 0.1) is 12.2 Å². The summed E-state index contributed by atoms with van der Waals surface area (Å²) in [6.45, 7) is 2.47. The van der Waals surface area contributed by atoms with Crippen molar-refractivity contribution in [3.8, 4) is 5.75 Å². The summed E-state index contributed by atoms with van der Waals surface area (Å²) in [7, 11) is 0. The van der Waals surface area contributed by atoms with E-state index in [4.69, 9.17) is 10.5 Å². The Hall–Kier alpha value is -1.39. The summed E-state index contributed by atoms with van der Waals surface area (Å²) < 4.78 is 43.8. The fourth-order valence-electron chi connectivity index (χ4n) is 2.14. The molecule has 0 aliphatic rings. The Morgan fingerprint density at radius 1 is 1.00 bits per heavy atom. The predicted octanol–water partition coefficient (Wildman–Crippen LogP) is 5.42. The quantitative estimate of drug-likeness (QED) is 0.488. The highest BCUT2D eigenvalue weighted by molar-refractivity contribution is 5.49. The average molecular weight is 303 g/mol. The van der Waals surface area contributed by atoms with Crippen molar-refractivity contribution in [2.24, 2.45) is 0 Å². The lowest BCUT2D eigenvalue weighted by atomic mass is 10.1. The van der Waals surface area contributed by atoms with Crippen LogP contribution in [0.5, 0.6) is 5.75 Å². The molecule has 2 nitrogen and oxygen atoms in total. The van der Waals surface area contributed by atoms with Gasteiger partial charge in [0.1, 0.15) is 5.75 Å². The SMILES string of the molecule is CCCCCCCCCOc1ccc(N)cc1C(F)(F)F. The first-order valence-corrected chi connectivity index (χ1v) is 7.54. The molecule has 0 radical (unpaired) electrons. The van der Waals surface area contributed by atoms with Crippen molar-refractivity contribution < 1.29 is 17.9 Å². The first-order chi connectivity index (χ1) is 9.95. The normalized spacial score (nSPS) is 11.6. The van der Waals surface area contributed by atoms with Crippen LogP contribution in [-0.4, -0.2) is 6.61 Å². The van der Waals surface area contributed by atoms with Crippen molar-refractivity contribution in [2.75, 3.05) is 12.3 Å². The minimum absolute atomic E-state index is 0.0885. The summed E-state index contributed by atoms with van der Waals surface area (Å²) in [4.78, 5) is 0. The molecule has 0 aliphatic carbocycles. The van der Waals surface area contributed by atoms with E-state index in [1.54, 1.807) is 0 Å². The molecule has 0 saturated carbocycles. The average Bonchev–Trinajstić information content (AvgIpc) is 2.42. The van der Waals surface area contributed by atoms with Crippen LogP contribution >= 0.6 is 0 Å². The molecule has 1 rings (SSSR count). The zero-order chi connectivity index (χ0) is 15.7. The van der Waals surface area contributed by atoms with Gasteiger partial charge in [-0.05, 0) is 24.6 Å². The number of alkyl halides is 3. The minimum atomic E-state index is -4.44. The van der Waals surface area contributed by atoms with Gasteiger partial charge in [-0.2, -0.15) is 13.2 Å². The molecule has 0 saturated heterocycles.